The molecule has 0 saturated carbocycles. The standard InChI is InChI=1S/C16H17FN2O4S/c1-23-11-10-18-16(20)14-4-2-3-5-15(14)19-24(21,22)13-8-6-12(17)7-9-13/h2-9,19H,10-11H2,1H3,(H,18,20)/p-1. The van der Waals surface area contributed by atoms with Crippen molar-refractivity contribution < 1.29 is 22.7 Å². The predicted molar refractivity (Wildman–Crippen MR) is 86.9 cm³/mol. The molecule has 2 aromatic rings. The minimum absolute atomic E-state index is 0.105. The number of ether oxygens (including phenoxy) is 1. The molecule has 0 spiro atoms. The fourth-order valence-electron chi connectivity index (χ4n) is 1.90. The van der Waals surface area contributed by atoms with Crippen LogP contribution in [0.2, 0.25) is 0 Å². The lowest BCUT2D eigenvalue weighted by molar-refractivity contribution is -0.213. The van der Waals surface area contributed by atoms with Gasteiger partial charge in [-0.05, 0) is 36.2 Å². The van der Waals surface area contributed by atoms with Gasteiger partial charge in [-0.3, -0.25) is 9.71 Å². The molecule has 1 N–H and O–H groups in total. The first-order chi connectivity index (χ1) is 11.4. The van der Waals surface area contributed by atoms with Gasteiger partial charge >= 0.3 is 0 Å². The Balaban J connectivity index is 2.30. The van der Waals surface area contributed by atoms with Crippen LogP contribution in [0, 0.1) is 5.82 Å². The molecule has 0 atom stereocenters. The van der Waals surface area contributed by atoms with E-state index < -0.39 is 21.7 Å². The van der Waals surface area contributed by atoms with Crippen molar-refractivity contribution in [3.05, 3.63) is 59.9 Å². The summed E-state index contributed by atoms with van der Waals surface area (Å²) in [6, 6.07) is 10.5. The molecule has 0 heterocycles. The zero-order valence-corrected chi connectivity index (χ0v) is 13.7. The summed E-state index contributed by atoms with van der Waals surface area (Å²) in [5, 5.41) is 12.1. The smallest absolute Gasteiger partial charge is 0.261 e. The normalized spacial score (nSPS) is 12.2. The minimum atomic E-state index is -3.95. The van der Waals surface area contributed by atoms with Crippen molar-refractivity contribution in [3.63, 3.8) is 0 Å². The Morgan fingerprint density at radius 2 is 1.88 bits per heavy atom. The van der Waals surface area contributed by atoms with Crippen LogP contribution in [0.15, 0.2) is 58.4 Å². The molecule has 0 aliphatic heterocycles. The zero-order chi connectivity index (χ0) is 17.6. The van der Waals surface area contributed by atoms with E-state index in [1.807, 2.05) is 0 Å². The molecule has 0 amide bonds. The summed E-state index contributed by atoms with van der Waals surface area (Å²) in [6.45, 7) is 0.462. The van der Waals surface area contributed by atoms with Crippen LogP contribution >= 0.6 is 0 Å². The number of benzene rings is 2. The van der Waals surface area contributed by atoms with Gasteiger partial charge in [0.15, 0.2) is 0 Å². The Kier molecular flexibility index (Phi) is 5.88. The summed E-state index contributed by atoms with van der Waals surface area (Å²) in [7, 11) is -2.46. The molecule has 2 aromatic carbocycles. The number of sulfonamides is 1. The lowest BCUT2D eigenvalue weighted by atomic mass is 10.2. The fraction of sp³-hybridized carbons (Fsp3) is 0.188. The van der Waals surface area contributed by atoms with Crippen molar-refractivity contribution in [2.24, 2.45) is 4.99 Å². The molecule has 128 valence electrons. The molecule has 0 aromatic heterocycles. The van der Waals surface area contributed by atoms with E-state index in [1.54, 1.807) is 12.1 Å². The van der Waals surface area contributed by atoms with Gasteiger partial charge in [-0.15, -0.1) is 0 Å². The third kappa shape index (κ3) is 4.53. The first kappa shape index (κ1) is 17.9. The number of halogens is 1. The summed E-state index contributed by atoms with van der Waals surface area (Å²) in [5.74, 6) is -1.09. The molecule has 6 nitrogen and oxygen atoms in total. The van der Waals surface area contributed by atoms with Gasteiger partial charge < -0.3 is 9.84 Å². The number of hydrogen-bond acceptors (Lipinski definition) is 5. The highest BCUT2D eigenvalue weighted by molar-refractivity contribution is 7.92. The molecule has 8 heteroatoms. The van der Waals surface area contributed by atoms with Crippen molar-refractivity contribution in [3.8, 4) is 0 Å². The second kappa shape index (κ2) is 7.89. The summed E-state index contributed by atoms with van der Waals surface area (Å²) in [4.78, 5) is 3.70. The van der Waals surface area contributed by atoms with E-state index in [2.05, 4.69) is 9.71 Å². The first-order valence-electron chi connectivity index (χ1n) is 7.02. The second-order valence-electron chi connectivity index (χ2n) is 4.78. The highest BCUT2D eigenvalue weighted by Gasteiger charge is 2.16. The van der Waals surface area contributed by atoms with Crippen LogP contribution in [0.3, 0.4) is 0 Å². The molecule has 24 heavy (non-hydrogen) atoms. The topological polar surface area (TPSA) is 90.8 Å². The van der Waals surface area contributed by atoms with Crippen LogP contribution in [0.1, 0.15) is 5.56 Å². The lowest BCUT2D eigenvalue weighted by Gasteiger charge is -2.17. The van der Waals surface area contributed by atoms with E-state index in [4.69, 9.17) is 4.74 Å². The van der Waals surface area contributed by atoms with Gasteiger partial charge in [-0.2, -0.15) is 0 Å². The molecule has 0 fully saturated rings. The van der Waals surface area contributed by atoms with Gasteiger partial charge in [0.2, 0.25) is 0 Å². The summed E-state index contributed by atoms with van der Waals surface area (Å²) < 4.78 is 44.8. The average molecular weight is 351 g/mol. The maximum atomic E-state index is 12.9. The van der Waals surface area contributed by atoms with Crippen LogP contribution in [-0.4, -0.2) is 34.6 Å². The largest absolute Gasteiger partial charge is 0.858 e. The Morgan fingerprint density at radius 3 is 2.54 bits per heavy atom. The van der Waals surface area contributed by atoms with E-state index >= 15 is 0 Å². The number of nitrogens with zero attached hydrogens (tertiary/aromatic N) is 1. The fourth-order valence-corrected chi connectivity index (χ4v) is 2.98. The van der Waals surface area contributed by atoms with Crippen LogP contribution < -0.4 is 9.83 Å². The number of anilines is 1. The molecular weight excluding hydrogens is 335 g/mol. The van der Waals surface area contributed by atoms with Gasteiger partial charge in [-0.1, -0.05) is 18.2 Å². The van der Waals surface area contributed by atoms with Crippen molar-refractivity contribution >= 4 is 21.6 Å². The number of rotatable bonds is 7. The second-order valence-corrected chi connectivity index (χ2v) is 6.47. The number of nitrogens with one attached hydrogen (secondary N) is 1. The Morgan fingerprint density at radius 1 is 1.21 bits per heavy atom. The quantitative estimate of drug-likeness (QED) is 0.463. The third-order valence-electron chi connectivity index (χ3n) is 3.08. The molecule has 0 radical (unpaired) electrons. The van der Waals surface area contributed by atoms with Gasteiger partial charge in [0.25, 0.3) is 10.0 Å². The van der Waals surface area contributed by atoms with Gasteiger partial charge in [0, 0.05) is 12.7 Å². The highest BCUT2D eigenvalue weighted by Crippen LogP contribution is 2.20. The van der Waals surface area contributed by atoms with Crippen LogP contribution in [0.4, 0.5) is 10.1 Å². The molecule has 0 aliphatic rings. The van der Waals surface area contributed by atoms with E-state index in [0.29, 0.717) is 0 Å². The molecule has 0 aliphatic carbocycles. The molecule has 0 saturated heterocycles. The van der Waals surface area contributed by atoms with Crippen molar-refractivity contribution in [1.82, 2.24) is 0 Å². The Labute approximate surface area is 139 Å². The highest BCUT2D eigenvalue weighted by atomic mass is 32.2. The number of para-hydroxylation sites is 1. The van der Waals surface area contributed by atoms with Crippen molar-refractivity contribution in [2.45, 2.75) is 4.90 Å². The zero-order valence-electron chi connectivity index (χ0n) is 12.9. The molecule has 0 unspecified atom stereocenters. The Bertz CT molecular complexity index is 820. The van der Waals surface area contributed by atoms with E-state index in [1.165, 1.54) is 19.2 Å². The van der Waals surface area contributed by atoms with Crippen molar-refractivity contribution in [2.75, 3.05) is 25.0 Å². The van der Waals surface area contributed by atoms with Crippen molar-refractivity contribution in [1.29, 1.82) is 0 Å². The average Bonchev–Trinajstić information content (AvgIpc) is 2.55. The third-order valence-corrected chi connectivity index (χ3v) is 4.46. The molecule has 2 rings (SSSR count). The van der Waals surface area contributed by atoms with Crippen LogP contribution in [0.25, 0.3) is 0 Å². The van der Waals surface area contributed by atoms with E-state index in [0.717, 1.165) is 24.3 Å². The van der Waals surface area contributed by atoms with E-state index in [-0.39, 0.29) is 29.3 Å². The maximum Gasteiger partial charge on any atom is 0.261 e. The van der Waals surface area contributed by atoms with Gasteiger partial charge in [-0.25, -0.2) is 12.8 Å². The summed E-state index contributed by atoms with van der Waals surface area (Å²) in [5.41, 5.74) is 0.229. The van der Waals surface area contributed by atoms with Gasteiger partial charge in [0.05, 0.1) is 23.7 Å². The summed E-state index contributed by atoms with van der Waals surface area (Å²) >= 11 is 0. The SMILES string of the molecule is COCCN=C([O-])c1ccccc1NS(=O)(=O)c1ccc(F)cc1. The lowest BCUT2D eigenvalue weighted by Crippen LogP contribution is -2.23. The minimum Gasteiger partial charge on any atom is -0.858 e. The molecule has 0 bridgehead atoms. The maximum absolute atomic E-state index is 12.9. The van der Waals surface area contributed by atoms with Crippen LogP contribution in [-0.2, 0) is 14.8 Å². The van der Waals surface area contributed by atoms with Gasteiger partial charge in [0.1, 0.15) is 5.82 Å². The number of methoxy groups -OCH3 is 1. The Hall–Kier alpha value is -2.45. The molecular formula is C16H16FN2O4S-. The first-order valence-corrected chi connectivity index (χ1v) is 8.50. The predicted octanol–water partition coefficient (Wildman–Crippen LogP) is 1.38. The monoisotopic (exact) mass is 351 g/mol. The van der Waals surface area contributed by atoms with Crippen LogP contribution in [0.5, 0.6) is 0 Å². The summed E-state index contributed by atoms with van der Waals surface area (Å²) in [6.07, 6.45) is 0. The number of aliphatic imine (C=N–C) groups is 1. The van der Waals surface area contributed by atoms with E-state index in [9.17, 15) is 17.9 Å². The number of hydrogen-bond donors (Lipinski definition) is 1.